The molecule has 0 bridgehead atoms. The fourth-order valence-corrected chi connectivity index (χ4v) is 3.15. The average Bonchev–Trinajstić information content (AvgIpc) is 2.54. The smallest absolute Gasteiger partial charge is 0.369 e. The fraction of sp³-hybridized carbons (Fsp3) is 0.273. The zero-order valence-electron chi connectivity index (χ0n) is 10.4. The summed E-state index contributed by atoms with van der Waals surface area (Å²) in [6.45, 7) is 0. The molecule has 2 aliphatic rings. The monoisotopic (exact) mass is 315 g/mol. The third kappa shape index (κ3) is 4.43. The zero-order valence-corrected chi connectivity index (χ0v) is 12.1. The van der Waals surface area contributed by atoms with Crippen molar-refractivity contribution < 1.29 is 19.2 Å². The van der Waals surface area contributed by atoms with Crippen molar-refractivity contribution in [3.63, 3.8) is 0 Å². The second kappa shape index (κ2) is 6.07. The highest BCUT2D eigenvalue weighted by Crippen LogP contribution is 2.48. The molecule has 3 rings (SSSR count). The summed E-state index contributed by atoms with van der Waals surface area (Å²) < 4.78 is 8.88. The first-order valence-electron chi connectivity index (χ1n) is 5.76. The summed E-state index contributed by atoms with van der Waals surface area (Å²) in [5.74, 6) is 0. The Hall–Kier alpha value is -1.18. The van der Waals surface area contributed by atoms with Gasteiger partial charge in [-0.3, -0.25) is 0 Å². The van der Waals surface area contributed by atoms with E-state index in [1.165, 1.54) is 10.6 Å². The predicted molar refractivity (Wildman–Crippen MR) is 79.1 cm³/mol. The van der Waals surface area contributed by atoms with Crippen LogP contribution in [-0.2, 0) is 4.57 Å². The van der Waals surface area contributed by atoms with E-state index < -0.39 is 7.82 Å². The SMILES string of the molecule is C1=NN=CCC2(C1)Nc1ccccc1S2.O=P(O)(O)O. The van der Waals surface area contributed by atoms with Gasteiger partial charge in [0.15, 0.2) is 0 Å². The predicted octanol–water partition coefficient (Wildman–Crippen LogP) is 1.82. The van der Waals surface area contributed by atoms with E-state index in [4.69, 9.17) is 19.2 Å². The molecular formula is C11H14N3O4PS. The topological polar surface area (TPSA) is 115 Å². The lowest BCUT2D eigenvalue weighted by Gasteiger charge is -2.24. The van der Waals surface area contributed by atoms with Gasteiger partial charge in [-0.05, 0) is 12.1 Å². The molecule has 0 radical (unpaired) electrons. The molecule has 0 aromatic heterocycles. The van der Waals surface area contributed by atoms with E-state index in [2.05, 4.69) is 39.8 Å². The Morgan fingerprint density at radius 3 is 2.25 bits per heavy atom. The number of hydrogen-bond donors (Lipinski definition) is 4. The van der Waals surface area contributed by atoms with E-state index in [9.17, 15) is 0 Å². The van der Waals surface area contributed by atoms with Gasteiger partial charge >= 0.3 is 7.82 Å². The number of anilines is 1. The minimum Gasteiger partial charge on any atom is -0.369 e. The molecular weight excluding hydrogens is 301 g/mol. The van der Waals surface area contributed by atoms with Crippen LogP contribution in [0.3, 0.4) is 0 Å². The van der Waals surface area contributed by atoms with Gasteiger partial charge in [0.25, 0.3) is 0 Å². The van der Waals surface area contributed by atoms with Gasteiger partial charge in [-0.25, -0.2) is 4.57 Å². The lowest BCUT2D eigenvalue weighted by Crippen LogP contribution is -2.31. The second-order valence-electron chi connectivity index (χ2n) is 4.24. The Kier molecular flexibility index (Phi) is 4.62. The van der Waals surface area contributed by atoms with Gasteiger partial charge in [-0.1, -0.05) is 23.9 Å². The van der Waals surface area contributed by atoms with E-state index in [-0.39, 0.29) is 4.87 Å². The fourth-order valence-electron chi connectivity index (χ4n) is 1.88. The van der Waals surface area contributed by atoms with E-state index >= 15 is 0 Å². The first kappa shape index (κ1) is 15.2. The molecule has 2 heterocycles. The first-order valence-corrected chi connectivity index (χ1v) is 8.14. The van der Waals surface area contributed by atoms with Gasteiger partial charge in [-0.2, -0.15) is 10.2 Å². The molecule has 1 aromatic rings. The summed E-state index contributed by atoms with van der Waals surface area (Å²) in [4.78, 5) is 22.9. The number of hydrogen-bond acceptors (Lipinski definition) is 5. The summed E-state index contributed by atoms with van der Waals surface area (Å²) in [7, 11) is -4.64. The van der Waals surface area contributed by atoms with Crippen LogP contribution in [-0.4, -0.2) is 32.0 Å². The molecule has 20 heavy (non-hydrogen) atoms. The number of thioether (sulfide) groups is 1. The van der Waals surface area contributed by atoms with E-state index in [0.717, 1.165) is 12.8 Å². The summed E-state index contributed by atoms with van der Waals surface area (Å²) in [6.07, 6.45) is 5.59. The number of benzene rings is 1. The van der Waals surface area contributed by atoms with Gasteiger partial charge in [0.2, 0.25) is 0 Å². The average molecular weight is 315 g/mol. The molecule has 0 aliphatic carbocycles. The van der Waals surface area contributed by atoms with Crippen molar-refractivity contribution in [2.75, 3.05) is 5.32 Å². The molecule has 108 valence electrons. The largest absolute Gasteiger partial charge is 0.466 e. The van der Waals surface area contributed by atoms with Crippen LogP contribution < -0.4 is 5.32 Å². The standard InChI is InChI=1S/C11H11N3S.H3O4P/c1-2-4-10-9(3-1)14-11(15-10)5-7-12-13-8-6-11;1-5(2,3)4/h1-4,7-8,14H,5-6H2;(H3,1,2,3,4). The molecule has 0 atom stereocenters. The Labute approximate surface area is 120 Å². The van der Waals surface area contributed by atoms with E-state index in [0.29, 0.717) is 0 Å². The number of phosphoric acid groups is 1. The second-order valence-corrected chi connectivity index (χ2v) is 6.69. The molecule has 4 N–H and O–H groups in total. The lowest BCUT2D eigenvalue weighted by molar-refractivity contribution is 0.275. The molecule has 9 heteroatoms. The van der Waals surface area contributed by atoms with Crippen molar-refractivity contribution in [1.29, 1.82) is 0 Å². The number of rotatable bonds is 0. The molecule has 0 saturated heterocycles. The van der Waals surface area contributed by atoms with Gasteiger partial charge in [0.05, 0.1) is 4.87 Å². The van der Waals surface area contributed by atoms with Gasteiger partial charge < -0.3 is 20.0 Å². The highest BCUT2D eigenvalue weighted by molar-refractivity contribution is 8.01. The first-order chi connectivity index (χ1) is 9.38. The summed E-state index contributed by atoms with van der Waals surface area (Å²) >= 11 is 1.88. The normalized spacial score (nSPS) is 18.8. The summed E-state index contributed by atoms with van der Waals surface area (Å²) in [5, 5.41) is 11.5. The highest BCUT2D eigenvalue weighted by Gasteiger charge is 2.36. The van der Waals surface area contributed by atoms with Crippen LogP contribution >= 0.6 is 19.6 Å². The van der Waals surface area contributed by atoms with Crippen molar-refractivity contribution in [2.24, 2.45) is 10.2 Å². The Morgan fingerprint density at radius 1 is 1.15 bits per heavy atom. The summed E-state index contributed by atoms with van der Waals surface area (Å²) in [5.41, 5.74) is 1.23. The Bertz CT molecular complexity index is 538. The van der Waals surface area contributed by atoms with Crippen LogP contribution in [0, 0.1) is 0 Å². The minimum atomic E-state index is -4.64. The lowest BCUT2D eigenvalue weighted by atomic mass is 10.1. The van der Waals surface area contributed by atoms with Gasteiger partial charge in [-0.15, -0.1) is 0 Å². The maximum Gasteiger partial charge on any atom is 0.466 e. The maximum atomic E-state index is 8.88. The number of nitrogens with one attached hydrogen (secondary N) is 1. The molecule has 0 amide bonds. The number of fused-ring (bicyclic) bond motifs is 1. The van der Waals surface area contributed by atoms with Crippen LogP contribution in [0.2, 0.25) is 0 Å². The van der Waals surface area contributed by atoms with Crippen molar-refractivity contribution in [1.82, 2.24) is 0 Å². The zero-order chi connectivity index (χ0) is 14.6. The van der Waals surface area contributed by atoms with Crippen LogP contribution in [0.5, 0.6) is 0 Å². The molecule has 1 spiro atoms. The van der Waals surface area contributed by atoms with Gasteiger partial charge in [0.1, 0.15) is 0 Å². The molecule has 1 aromatic carbocycles. The van der Waals surface area contributed by atoms with Crippen molar-refractivity contribution in [3.8, 4) is 0 Å². The molecule has 7 nitrogen and oxygen atoms in total. The molecule has 0 fully saturated rings. The van der Waals surface area contributed by atoms with Crippen molar-refractivity contribution in [2.45, 2.75) is 22.6 Å². The number of para-hydroxylation sites is 1. The van der Waals surface area contributed by atoms with Crippen LogP contribution in [0.15, 0.2) is 39.4 Å². The molecule has 0 unspecified atom stereocenters. The van der Waals surface area contributed by atoms with Crippen LogP contribution in [0.25, 0.3) is 0 Å². The third-order valence-electron chi connectivity index (χ3n) is 2.63. The highest BCUT2D eigenvalue weighted by atomic mass is 32.2. The van der Waals surface area contributed by atoms with Gasteiger partial charge in [0, 0.05) is 35.9 Å². The number of nitrogens with zero attached hydrogens (tertiary/aromatic N) is 2. The third-order valence-corrected chi connectivity index (χ3v) is 4.03. The summed E-state index contributed by atoms with van der Waals surface area (Å²) in [6, 6.07) is 8.41. The Morgan fingerprint density at radius 2 is 1.70 bits per heavy atom. The van der Waals surface area contributed by atoms with Crippen molar-refractivity contribution in [3.05, 3.63) is 24.3 Å². The molecule has 0 saturated carbocycles. The van der Waals surface area contributed by atoms with Crippen molar-refractivity contribution >= 4 is 37.7 Å². The van der Waals surface area contributed by atoms with E-state index in [1.54, 1.807) is 0 Å². The Balaban J connectivity index is 0.000000257. The molecule has 2 aliphatic heterocycles. The van der Waals surface area contributed by atoms with E-state index in [1.807, 2.05) is 24.2 Å². The quantitative estimate of drug-likeness (QED) is 0.543. The van der Waals surface area contributed by atoms with Crippen LogP contribution in [0.4, 0.5) is 5.69 Å². The van der Waals surface area contributed by atoms with Crippen LogP contribution in [0.1, 0.15) is 12.8 Å². The maximum absolute atomic E-state index is 8.88. The minimum absolute atomic E-state index is 0.0349.